The molecule has 0 spiro atoms. The molecule has 0 fully saturated rings. The summed E-state index contributed by atoms with van der Waals surface area (Å²) in [5.41, 5.74) is 1.07. The zero-order valence-electron chi connectivity index (χ0n) is 16.5. The van der Waals surface area contributed by atoms with Crippen molar-refractivity contribution in [1.29, 1.82) is 0 Å². The van der Waals surface area contributed by atoms with E-state index in [2.05, 4.69) is 36.5 Å². The predicted octanol–water partition coefficient (Wildman–Crippen LogP) is 1.26. The lowest BCUT2D eigenvalue weighted by Crippen LogP contribution is -2.46. The molecule has 0 aromatic carbocycles. The number of aryl methyl sites for hydroxylation is 3. The number of aliphatic imine (C=N–C) groups is 1. The Balaban J connectivity index is 0.00000225. The molecule has 2 N–H and O–H groups in total. The third-order valence-corrected chi connectivity index (χ3v) is 5.14. The van der Waals surface area contributed by atoms with Gasteiger partial charge >= 0.3 is 0 Å². The van der Waals surface area contributed by atoms with Crippen LogP contribution >= 0.6 is 24.0 Å². The second-order valence-corrected chi connectivity index (χ2v) is 7.16. The lowest BCUT2D eigenvalue weighted by atomic mass is 10.1. The fraction of sp³-hybridized carbons (Fsp3) is 0.667. The number of hydrogen-bond donors (Lipinski definition) is 2. The summed E-state index contributed by atoms with van der Waals surface area (Å²) in [6, 6.07) is 0.274. The van der Waals surface area contributed by atoms with Crippen LogP contribution in [0.5, 0.6) is 0 Å². The highest BCUT2D eigenvalue weighted by atomic mass is 127. The van der Waals surface area contributed by atoms with Crippen molar-refractivity contribution in [2.75, 3.05) is 14.2 Å². The van der Waals surface area contributed by atoms with Gasteiger partial charge in [0.25, 0.3) is 0 Å². The zero-order chi connectivity index (χ0) is 18.6. The van der Waals surface area contributed by atoms with Crippen molar-refractivity contribution in [3.8, 4) is 0 Å². The van der Waals surface area contributed by atoms with Crippen molar-refractivity contribution in [2.24, 2.45) is 4.99 Å². The van der Waals surface area contributed by atoms with E-state index in [1.54, 1.807) is 14.2 Å². The summed E-state index contributed by atoms with van der Waals surface area (Å²) < 4.78 is 9.39. The maximum absolute atomic E-state index is 5.13. The van der Waals surface area contributed by atoms with E-state index in [1.807, 2.05) is 4.68 Å². The molecular weight excluding hydrogens is 471 g/mol. The molecule has 0 amide bonds. The molecule has 2 aliphatic rings. The van der Waals surface area contributed by atoms with Crippen molar-refractivity contribution in [2.45, 2.75) is 64.4 Å². The first-order chi connectivity index (χ1) is 13.2. The van der Waals surface area contributed by atoms with E-state index in [4.69, 9.17) is 9.72 Å². The fourth-order valence-electron chi connectivity index (χ4n) is 3.79. The number of methoxy groups -OCH3 is 1. The molecule has 2 aromatic rings. The molecule has 0 saturated heterocycles. The third kappa shape index (κ3) is 4.83. The highest BCUT2D eigenvalue weighted by Gasteiger charge is 2.22. The average molecular weight is 500 g/mol. The van der Waals surface area contributed by atoms with Gasteiger partial charge in [-0.15, -0.1) is 24.0 Å². The van der Waals surface area contributed by atoms with E-state index in [9.17, 15) is 0 Å². The number of imidazole rings is 1. The van der Waals surface area contributed by atoms with Gasteiger partial charge < -0.3 is 19.9 Å². The first-order valence-electron chi connectivity index (χ1n) is 9.69. The molecule has 0 radical (unpaired) electrons. The lowest BCUT2D eigenvalue weighted by molar-refractivity contribution is 0.177. The van der Waals surface area contributed by atoms with E-state index in [0.717, 1.165) is 55.7 Å². The van der Waals surface area contributed by atoms with E-state index < -0.39 is 0 Å². The SMILES string of the molecule is CN=C(NCc1cn2c(n1)CCCC2)NC1CCc2nc(COC)nn2C1.I. The normalized spacial score (nSPS) is 18.8. The molecule has 0 bridgehead atoms. The van der Waals surface area contributed by atoms with Gasteiger partial charge in [-0.3, -0.25) is 4.99 Å². The second-order valence-electron chi connectivity index (χ2n) is 7.16. The average Bonchev–Trinajstić information content (AvgIpc) is 3.27. The molecule has 4 heterocycles. The molecule has 10 heteroatoms. The van der Waals surface area contributed by atoms with Crippen LogP contribution in [0.1, 0.15) is 42.4 Å². The van der Waals surface area contributed by atoms with Crippen LogP contribution < -0.4 is 10.6 Å². The van der Waals surface area contributed by atoms with Crippen LogP contribution in [0.15, 0.2) is 11.2 Å². The summed E-state index contributed by atoms with van der Waals surface area (Å²) in [7, 11) is 3.46. The van der Waals surface area contributed by atoms with Gasteiger partial charge in [-0.25, -0.2) is 14.6 Å². The number of rotatable bonds is 5. The van der Waals surface area contributed by atoms with Gasteiger partial charge in [-0.2, -0.15) is 5.10 Å². The molecule has 1 unspecified atom stereocenters. The van der Waals surface area contributed by atoms with Crippen LogP contribution in [0.3, 0.4) is 0 Å². The number of halogens is 1. The summed E-state index contributed by atoms with van der Waals surface area (Å²) in [6.45, 7) is 3.00. The number of ether oxygens (including phenoxy) is 1. The van der Waals surface area contributed by atoms with Crippen LogP contribution in [-0.2, 0) is 43.8 Å². The molecule has 0 aliphatic carbocycles. The van der Waals surface area contributed by atoms with Crippen molar-refractivity contribution in [3.63, 3.8) is 0 Å². The molecule has 1 atom stereocenters. The first-order valence-corrected chi connectivity index (χ1v) is 9.69. The van der Waals surface area contributed by atoms with Gasteiger partial charge in [-0.05, 0) is 19.3 Å². The number of nitrogens with one attached hydrogen (secondary N) is 2. The molecule has 2 aliphatic heterocycles. The molecular formula is C18H29IN8O. The molecule has 2 aromatic heterocycles. The number of nitrogens with zero attached hydrogens (tertiary/aromatic N) is 6. The summed E-state index contributed by atoms with van der Waals surface area (Å²) in [5, 5.41) is 11.4. The Morgan fingerprint density at radius 3 is 2.96 bits per heavy atom. The standard InChI is InChI=1S/C18H28N8O.HI/c1-19-18(20-9-14-10-25-8-4-3-5-16(25)21-14)22-13-6-7-17-23-15(12-27-2)24-26(17)11-13;/h10,13H,3-9,11-12H2,1-2H3,(H2,19,20,22);1H. The Morgan fingerprint density at radius 1 is 1.29 bits per heavy atom. The van der Waals surface area contributed by atoms with Crippen molar-refractivity contribution in [3.05, 3.63) is 29.4 Å². The molecule has 4 rings (SSSR count). The maximum atomic E-state index is 5.13. The van der Waals surface area contributed by atoms with Crippen molar-refractivity contribution in [1.82, 2.24) is 34.9 Å². The molecule has 154 valence electrons. The minimum Gasteiger partial charge on any atom is -0.377 e. The number of guanidine groups is 1. The van der Waals surface area contributed by atoms with Crippen LogP contribution in [0.2, 0.25) is 0 Å². The Kier molecular flexibility index (Phi) is 7.27. The first kappa shape index (κ1) is 21.0. The largest absolute Gasteiger partial charge is 0.377 e. The van der Waals surface area contributed by atoms with Crippen LogP contribution in [0.4, 0.5) is 0 Å². The summed E-state index contributed by atoms with van der Waals surface area (Å²) in [5.74, 6) is 3.79. The van der Waals surface area contributed by atoms with Gasteiger partial charge in [0.1, 0.15) is 18.3 Å². The molecule has 9 nitrogen and oxygen atoms in total. The summed E-state index contributed by atoms with van der Waals surface area (Å²) in [4.78, 5) is 13.6. The van der Waals surface area contributed by atoms with Crippen LogP contribution in [0, 0.1) is 0 Å². The monoisotopic (exact) mass is 500 g/mol. The lowest BCUT2D eigenvalue weighted by Gasteiger charge is -2.25. The number of fused-ring (bicyclic) bond motifs is 2. The summed E-state index contributed by atoms with van der Waals surface area (Å²) >= 11 is 0. The highest BCUT2D eigenvalue weighted by Crippen LogP contribution is 2.15. The molecule has 28 heavy (non-hydrogen) atoms. The summed E-state index contributed by atoms with van der Waals surface area (Å²) in [6.07, 6.45) is 7.64. The van der Waals surface area contributed by atoms with Gasteiger partial charge in [0, 0.05) is 45.8 Å². The third-order valence-electron chi connectivity index (χ3n) is 5.14. The van der Waals surface area contributed by atoms with Crippen molar-refractivity contribution < 1.29 is 4.74 Å². The second kappa shape index (κ2) is 9.68. The van der Waals surface area contributed by atoms with E-state index >= 15 is 0 Å². The zero-order valence-corrected chi connectivity index (χ0v) is 18.8. The van der Waals surface area contributed by atoms with E-state index in [0.29, 0.717) is 13.2 Å². The van der Waals surface area contributed by atoms with Crippen LogP contribution in [-0.4, -0.2) is 50.5 Å². The Bertz CT molecular complexity index is 791. The number of hydrogen-bond acceptors (Lipinski definition) is 5. The van der Waals surface area contributed by atoms with E-state index in [1.165, 1.54) is 18.7 Å². The minimum absolute atomic E-state index is 0. The van der Waals surface area contributed by atoms with E-state index in [-0.39, 0.29) is 30.0 Å². The fourth-order valence-corrected chi connectivity index (χ4v) is 3.79. The van der Waals surface area contributed by atoms with Gasteiger partial charge in [0.2, 0.25) is 0 Å². The maximum Gasteiger partial charge on any atom is 0.191 e. The Hall–Kier alpha value is -1.69. The Labute approximate surface area is 182 Å². The molecule has 0 saturated carbocycles. The minimum atomic E-state index is 0. The van der Waals surface area contributed by atoms with Gasteiger partial charge in [0.05, 0.1) is 18.8 Å². The quantitative estimate of drug-likeness (QED) is 0.365. The number of aromatic nitrogens is 5. The van der Waals surface area contributed by atoms with Gasteiger partial charge in [-0.1, -0.05) is 0 Å². The highest BCUT2D eigenvalue weighted by molar-refractivity contribution is 14.0. The predicted molar refractivity (Wildman–Crippen MR) is 117 cm³/mol. The Morgan fingerprint density at radius 2 is 2.18 bits per heavy atom. The smallest absolute Gasteiger partial charge is 0.191 e. The van der Waals surface area contributed by atoms with Gasteiger partial charge in [0.15, 0.2) is 11.8 Å². The topological polar surface area (TPSA) is 94.2 Å². The van der Waals surface area contributed by atoms with Crippen LogP contribution in [0.25, 0.3) is 0 Å². The van der Waals surface area contributed by atoms with Crippen molar-refractivity contribution >= 4 is 29.9 Å².